The summed E-state index contributed by atoms with van der Waals surface area (Å²) in [5, 5.41) is 4.29. The molecule has 0 saturated heterocycles. The molecular formula is C14H17N3O3. The minimum absolute atomic E-state index is 0.0191. The Morgan fingerprint density at radius 3 is 3.15 bits per heavy atom. The third-order valence-electron chi connectivity index (χ3n) is 3.68. The average Bonchev–Trinajstić information content (AvgIpc) is 3.08. The molecule has 3 heterocycles. The quantitative estimate of drug-likeness (QED) is 0.849. The molecule has 2 aromatic rings. The second-order valence-corrected chi connectivity index (χ2v) is 5.03. The van der Waals surface area contributed by atoms with Gasteiger partial charge in [-0.05, 0) is 6.07 Å². The molecule has 106 valence electrons. The van der Waals surface area contributed by atoms with Crippen LogP contribution in [0.3, 0.4) is 0 Å². The molecule has 2 aromatic heterocycles. The van der Waals surface area contributed by atoms with Gasteiger partial charge < -0.3 is 14.1 Å². The number of hydrogen-bond donors (Lipinski definition) is 0. The van der Waals surface area contributed by atoms with E-state index >= 15 is 0 Å². The van der Waals surface area contributed by atoms with E-state index in [0.29, 0.717) is 25.3 Å². The number of carbonyl (C=O) groups is 1. The number of aryl methyl sites for hydroxylation is 1. The van der Waals surface area contributed by atoms with Gasteiger partial charge in [-0.25, -0.2) is 0 Å². The van der Waals surface area contributed by atoms with Gasteiger partial charge in [-0.3, -0.25) is 9.48 Å². The number of carbonyl (C=O) groups excluding carboxylic acids is 1. The third kappa shape index (κ3) is 2.12. The maximum atomic E-state index is 12.4. The van der Waals surface area contributed by atoms with Crippen LogP contribution in [-0.4, -0.2) is 40.8 Å². The molecule has 3 rings (SSSR count). The van der Waals surface area contributed by atoms with Crippen molar-refractivity contribution in [3.8, 4) is 0 Å². The van der Waals surface area contributed by atoms with Crippen LogP contribution in [-0.2, 0) is 18.3 Å². The molecule has 1 aliphatic heterocycles. The molecular weight excluding hydrogens is 258 g/mol. The van der Waals surface area contributed by atoms with Gasteiger partial charge in [0, 0.05) is 38.7 Å². The zero-order valence-electron chi connectivity index (χ0n) is 11.6. The van der Waals surface area contributed by atoms with E-state index in [4.69, 9.17) is 9.15 Å². The number of nitrogens with zero attached hydrogens (tertiary/aromatic N) is 3. The minimum atomic E-state index is -0.0191. The number of rotatable bonds is 3. The molecule has 0 saturated carbocycles. The summed E-state index contributed by atoms with van der Waals surface area (Å²) in [6.07, 6.45) is 4.82. The highest BCUT2D eigenvalue weighted by Gasteiger charge is 2.31. The molecule has 1 atom stereocenters. The Labute approximate surface area is 116 Å². The van der Waals surface area contributed by atoms with Gasteiger partial charge in [-0.2, -0.15) is 5.10 Å². The SMILES string of the molecule is COCC1CN(C(=O)c2ccoc2)Cc2cnn(C)c21. The smallest absolute Gasteiger partial charge is 0.257 e. The lowest BCUT2D eigenvalue weighted by Crippen LogP contribution is -2.39. The highest BCUT2D eigenvalue weighted by molar-refractivity contribution is 5.94. The fraction of sp³-hybridized carbons (Fsp3) is 0.429. The van der Waals surface area contributed by atoms with Crippen LogP contribution in [0.15, 0.2) is 29.2 Å². The summed E-state index contributed by atoms with van der Waals surface area (Å²) in [4.78, 5) is 14.2. The fourth-order valence-corrected chi connectivity index (χ4v) is 2.82. The molecule has 0 N–H and O–H groups in total. The van der Waals surface area contributed by atoms with E-state index in [-0.39, 0.29) is 11.8 Å². The summed E-state index contributed by atoms with van der Waals surface area (Å²) in [5.41, 5.74) is 2.81. The van der Waals surface area contributed by atoms with Crippen LogP contribution in [0, 0.1) is 0 Å². The monoisotopic (exact) mass is 275 g/mol. The Bertz CT molecular complexity index is 603. The molecule has 1 aliphatic rings. The Morgan fingerprint density at radius 1 is 1.60 bits per heavy atom. The molecule has 1 unspecified atom stereocenters. The number of amides is 1. The Balaban J connectivity index is 1.88. The zero-order valence-corrected chi connectivity index (χ0v) is 11.6. The first-order valence-corrected chi connectivity index (χ1v) is 6.52. The van der Waals surface area contributed by atoms with Crippen LogP contribution in [0.25, 0.3) is 0 Å². The van der Waals surface area contributed by atoms with Gasteiger partial charge in [0.05, 0.1) is 30.3 Å². The van der Waals surface area contributed by atoms with Crippen molar-refractivity contribution in [3.05, 3.63) is 41.6 Å². The molecule has 0 fully saturated rings. The molecule has 0 radical (unpaired) electrons. The average molecular weight is 275 g/mol. The van der Waals surface area contributed by atoms with E-state index in [9.17, 15) is 4.79 Å². The molecule has 1 amide bonds. The van der Waals surface area contributed by atoms with Crippen molar-refractivity contribution >= 4 is 5.91 Å². The first-order chi connectivity index (χ1) is 9.70. The van der Waals surface area contributed by atoms with Crippen molar-refractivity contribution < 1.29 is 13.9 Å². The van der Waals surface area contributed by atoms with Gasteiger partial charge in [0.25, 0.3) is 5.91 Å². The van der Waals surface area contributed by atoms with E-state index in [1.54, 1.807) is 13.2 Å². The fourth-order valence-electron chi connectivity index (χ4n) is 2.82. The van der Waals surface area contributed by atoms with Crippen LogP contribution in [0.2, 0.25) is 0 Å². The first kappa shape index (κ1) is 12.9. The van der Waals surface area contributed by atoms with Crippen molar-refractivity contribution in [1.29, 1.82) is 0 Å². The van der Waals surface area contributed by atoms with Gasteiger partial charge >= 0.3 is 0 Å². The van der Waals surface area contributed by atoms with Gasteiger partial charge in [-0.15, -0.1) is 0 Å². The van der Waals surface area contributed by atoms with Crippen LogP contribution >= 0.6 is 0 Å². The van der Waals surface area contributed by atoms with Gasteiger partial charge in [0.15, 0.2) is 0 Å². The van der Waals surface area contributed by atoms with Gasteiger partial charge in [0.2, 0.25) is 0 Å². The number of furan rings is 1. The van der Waals surface area contributed by atoms with E-state index in [1.165, 1.54) is 12.5 Å². The molecule has 6 nitrogen and oxygen atoms in total. The van der Waals surface area contributed by atoms with Crippen molar-refractivity contribution in [2.45, 2.75) is 12.5 Å². The van der Waals surface area contributed by atoms with E-state index < -0.39 is 0 Å². The first-order valence-electron chi connectivity index (χ1n) is 6.52. The van der Waals surface area contributed by atoms with Crippen LogP contribution in [0.4, 0.5) is 0 Å². The maximum absolute atomic E-state index is 12.4. The van der Waals surface area contributed by atoms with Gasteiger partial charge in [0.1, 0.15) is 6.26 Å². The highest BCUT2D eigenvalue weighted by atomic mass is 16.5. The maximum Gasteiger partial charge on any atom is 0.257 e. The molecule has 0 bridgehead atoms. The Hall–Kier alpha value is -2.08. The van der Waals surface area contributed by atoms with Crippen molar-refractivity contribution in [3.63, 3.8) is 0 Å². The predicted molar refractivity (Wildman–Crippen MR) is 71.3 cm³/mol. The number of methoxy groups -OCH3 is 1. The van der Waals surface area contributed by atoms with Gasteiger partial charge in [-0.1, -0.05) is 0 Å². The molecule has 20 heavy (non-hydrogen) atoms. The summed E-state index contributed by atoms with van der Waals surface area (Å²) in [6.45, 7) is 1.78. The topological polar surface area (TPSA) is 60.5 Å². The lowest BCUT2D eigenvalue weighted by molar-refractivity contribution is 0.0675. The molecule has 6 heteroatoms. The summed E-state index contributed by atoms with van der Waals surface area (Å²) in [7, 11) is 3.60. The van der Waals surface area contributed by atoms with Crippen LogP contribution < -0.4 is 0 Å². The Morgan fingerprint density at radius 2 is 2.45 bits per heavy atom. The normalized spacial score (nSPS) is 18.1. The van der Waals surface area contributed by atoms with E-state index in [2.05, 4.69) is 5.10 Å². The van der Waals surface area contributed by atoms with Crippen molar-refractivity contribution in [1.82, 2.24) is 14.7 Å². The van der Waals surface area contributed by atoms with E-state index in [0.717, 1.165) is 11.3 Å². The van der Waals surface area contributed by atoms with Crippen LogP contribution in [0.5, 0.6) is 0 Å². The summed E-state index contributed by atoms with van der Waals surface area (Å²) in [5.74, 6) is 0.126. The lowest BCUT2D eigenvalue weighted by Gasteiger charge is -2.32. The number of aromatic nitrogens is 2. The number of fused-ring (bicyclic) bond motifs is 1. The molecule has 0 aromatic carbocycles. The molecule has 0 spiro atoms. The van der Waals surface area contributed by atoms with Crippen LogP contribution in [0.1, 0.15) is 27.5 Å². The lowest BCUT2D eigenvalue weighted by atomic mass is 9.96. The highest BCUT2D eigenvalue weighted by Crippen LogP contribution is 2.29. The molecule has 0 aliphatic carbocycles. The number of hydrogen-bond acceptors (Lipinski definition) is 4. The standard InChI is InChI=1S/C14H17N3O3/c1-16-13-11(5-15-16)6-17(7-12(13)8-19-2)14(18)10-3-4-20-9-10/h3-5,9,12H,6-8H2,1-2H3. The Kier molecular flexibility index (Phi) is 3.31. The largest absolute Gasteiger partial charge is 0.472 e. The van der Waals surface area contributed by atoms with Crippen molar-refractivity contribution in [2.24, 2.45) is 7.05 Å². The second-order valence-electron chi connectivity index (χ2n) is 5.03. The van der Waals surface area contributed by atoms with Crippen molar-refractivity contribution in [2.75, 3.05) is 20.3 Å². The zero-order chi connectivity index (χ0) is 14.1. The third-order valence-corrected chi connectivity index (χ3v) is 3.68. The number of ether oxygens (including phenoxy) is 1. The van der Waals surface area contributed by atoms with E-state index in [1.807, 2.05) is 22.8 Å². The summed E-state index contributed by atoms with van der Waals surface area (Å²) in [6, 6.07) is 1.69. The minimum Gasteiger partial charge on any atom is -0.472 e. The summed E-state index contributed by atoms with van der Waals surface area (Å²) < 4.78 is 12.1. The predicted octanol–water partition coefficient (Wildman–Crippen LogP) is 1.40. The second kappa shape index (κ2) is 5.13. The summed E-state index contributed by atoms with van der Waals surface area (Å²) >= 11 is 0.